The van der Waals surface area contributed by atoms with Gasteiger partial charge in [-0.05, 0) is 25.0 Å². The van der Waals surface area contributed by atoms with Crippen molar-refractivity contribution in [2.24, 2.45) is 5.73 Å². The van der Waals surface area contributed by atoms with Crippen LogP contribution in [0, 0.1) is 0 Å². The lowest BCUT2D eigenvalue weighted by atomic mass is 9.91. The number of hydrogen-bond acceptors (Lipinski definition) is 2. The van der Waals surface area contributed by atoms with E-state index in [1.165, 1.54) is 24.4 Å². The Kier molecular flexibility index (Phi) is 3.71. The third kappa shape index (κ3) is 2.84. The molecule has 1 heterocycles. The molecule has 1 aliphatic rings. The highest BCUT2D eigenvalue weighted by molar-refractivity contribution is 5.80. The van der Waals surface area contributed by atoms with E-state index in [2.05, 4.69) is 4.98 Å². The van der Waals surface area contributed by atoms with Crippen molar-refractivity contribution in [2.45, 2.75) is 25.6 Å². The van der Waals surface area contributed by atoms with Gasteiger partial charge in [0.05, 0.1) is 5.69 Å². The number of halogens is 4. The average molecular weight is 272 g/mol. The van der Waals surface area contributed by atoms with Crippen molar-refractivity contribution in [1.82, 2.24) is 4.98 Å². The molecule has 0 bridgehead atoms. The molecule has 0 saturated carbocycles. The van der Waals surface area contributed by atoms with Crippen LogP contribution in [0.5, 0.6) is 0 Å². The highest BCUT2D eigenvalue weighted by Crippen LogP contribution is 2.41. The van der Waals surface area contributed by atoms with Crippen molar-refractivity contribution in [3.8, 4) is 0 Å². The van der Waals surface area contributed by atoms with Crippen molar-refractivity contribution < 1.29 is 17.6 Å². The van der Waals surface area contributed by atoms with E-state index in [9.17, 15) is 17.6 Å². The summed E-state index contributed by atoms with van der Waals surface area (Å²) in [5.74, 6) is -0.846. The SMILES string of the molecule is NCc1ccc(C2=C(C(F)(F)F)CCC=C2F)cn1. The van der Waals surface area contributed by atoms with Gasteiger partial charge in [-0.3, -0.25) is 4.98 Å². The number of alkyl halides is 3. The number of pyridine rings is 1. The van der Waals surface area contributed by atoms with Crippen LogP contribution in [0.4, 0.5) is 17.6 Å². The van der Waals surface area contributed by atoms with Crippen LogP contribution < -0.4 is 5.73 Å². The molecule has 0 spiro atoms. The lowest BCUT2D eigenvalue weighted by Gasteiger charge is -2.20. The molecule has 2 rings (SSSR count). The van der Waals surface area contributed by atoms with Crippen LogP contribution in [0.25, 0.3) is 5.57 Å². The van der Waals surface area contributed by atoms with Gasteiger partial charge in [-0.1, -0.05) is 6.07 Å². The maximum Gasteiger partial charge on any atom is 0.413 e. The highest BCUT2D eigenvalue weighted by atomic mass is 19.4. The first kappa shape index (κ1) is 13.7. The van der Waals surface area contributed by atoms with Gasteiger partial charge in [0.2, 0.25) is 0 Å². The molecule has 0 aromatic carbocycles. The van der Waals surface area contributed by atoms with E-state index in [0.29, 0.717) is 5.69 Å². The molecule has 0 fully saturated rings. The minimum Gasteiger partial charge on any atom is -0.325 e. The van der Waals surface area contributed by atoms with Crippen molar-refractivity contribution in [3.05, 3.63) is 47.1 Å². The van der Waals surface area contributed by atoms with Crippen LogP contribution in [0.1, 0.15) is 24.1 Å². The topological polar surface area (TPSA) is 38.9 Å². The Balaban J connectivity index is 2.53. The van der Waals surface area contributed by atoms with Gasteiger partial charge in [-0.25, -0.2) is 4.39 Å². The first-order valence-corrected chi connectivity index (χ1v) is 5.75. The summed E-state index contributed by atoms with van der Waals surface area (Å²) in [6, 6.07) is 2.91. The standard InChI is InChI=1S/C13H12F4N2/c14-11-3-1-2-10(13(15,16)17)12(11)8-4-5-9(6-18)19-7-8/h3-5,7H,1-2,6,18H2. The van der Waals surface area contributed by atoms with E-state index in [0.717, 1.165) is 0 Å². The molecule has 102 valence electrons. The number of rotatable bonds is 2. The lowest BCUT2D eigenvalue weighted by Crippen LogP contribution is -2.16. The minimum absolute atomic E-state index is 0.0541. The van der Waals surface area contributed by atoms with E-state index in [4.69, 9.17) is 5.73 Å². The molecule has 1 aromatic heterocycles. The average Bonchev–Trinajstić information content (AvgIpc) is 2.37. The first-order chi connectivity index (χ1) is 8.93. The minimum atomic E-state index is -4.53. The fourth-order valence-corrected chi connectivity index (χ4v) is 2.00. The number of aromatic nitrogens is 1. The Bertz CT molecular complexity index is 527. The van der Waals surface area contributed by atoms with Gasteiger partial charge in [-0.2, -0.15) is 13.2 Å². The quantitative estimate of drug-likeness (QED) is 0.837. The predicted octanol–water partition coefficient (Wildman–Crippen LogP) is 3.50. The zero-order valence-corrected chi connectivity index (χ0v) is 9.97. The van der Waals surface area contributed by atoms with Crippen LogP contribution in [-0.2, 0) is 6.54 Å². The number of nitrogens with two attached hydrogens (primary N) is 1. The fraction of sp³-hybridized carbons (Fsp3) is 0.308. The van der Waals surface area contributed by atoms with Crippen LogP contribution in [0.3, 0.4) is 0 Å². The summed E-state index contributed by atoms with van der Waals surface area (Å²) < 4.78 is 52.5. The maximum absolute atomic E-state index is 13.7. The predicted molar refractivity (Wildman–Crippen MR) is 63.5 cm³/mol. The number of hydrogen-bond donors (Lipinski definition) is 1. The normalized spacial score (nSPS) is 16.6. The third-order valence-electron chi connectivity index (χ3n) is 2.92. The van der Waals surface area contributed by atoms with Crippen molar-refractivity contribution >= 4 is 5.57 Å². The van der Waals surface area contributed by atoms with Crippen molar-refractivity contribution in [1.29, 1.82) is 0 Å². The molecular formula is C13H12F4N2. The molecule has 0 amide bonds. The Morgan fingerprint density at radius 2 is 2.00 bits per heavy atom. The summed E-state index contributed by atoms with van der Waals surface area (Å²) >= 11 is 0. The molecular weight excluding hydrogens is 260 g/mol. The second-order valence-electron chi connectivity index (χ2n) is 4.18. The van der Waals surface area contributed by atoms with Crippen LogP contribution >= 0.6 is 0 Å². The Hall–Kier alpha value is -1.69. The molecule has 19 heavy (non-hydrogen) atoms. The molecule has 0 saturated heterocycles. The lowest BCUT2D eigenvalue weighted by molar-refractivity contribution is -0.0935. The Morgan fingerprint density at radius 1 is 1.26 bits per heavy atom. The Labute approximate surface area is 107 Å². The van der Waals surface area contributed by atoms with E-state index >= 15 is 0 Å². The van der Waals surface area contributed by atoms with E-state index in [-0.39, 0.29) is 24.9 Å². The third-order valence-corrected chi connectivity index (χ3v) is 2.92. The van der Waals surface area contributed by atoms with Gasteiger partial charge in [-0.15, -0.1) is 0 Å². The van der Waals surface area contributed by atoms with Crippen LogP contribution in [-0.4, -0.2) is 11.2 Å². The molecule has 0 unspecified atom stereocenters. The Morgan fingerprint density at radius 3 is 2.53 bits per heavy atom. The van der Waals surface area contributed by atoms with Crippen LogP contribution in [0.2, 0.25) is 0 Å². The van der Waals surface area contributed by atoms with Crippen LogP contribution in [0.15, 0.2) is 35.8 Å². The molecule has 1 aliphatic carbocycles. The summed E-state index contributed by atoms with van der Waals surface area (Å²) in [6.07, 6.45) is -2.31. The second-order valence-corrected chi connectivity index (χ2v) is 4.18. The zero-order chi connectivity index (χ0) is 14.0. The van der Waals surface area contributed by atoms with Crippen molar-refractivity contribution in [3.63, 3.8) is 0 Å². The van der Waals surface area contributed by atoms with Gasteiger partial charge in [0.1, 0.15) is 5.83 Å². The summed E-state index contributed by atoms with van der Waals surface area (Å²) in [6.45, 7) is 0.184. The monoisotopic (exact) mass is 272 g/mol. The first-order valence-electron chi connectivity index (χ1n) is 5.75. The van der Waals surface area contributed by atoms with E-state index in [1.54, 1.807) is 0 Å². The largest absolute Gasteiger partial charge is 0.413 e. The highest BCUT2D eigenvalue weighted by Gasteiger charge is 2.38. The maximum atomic E-state index is 13.7. The summed E-state index contributed by atoms with van der Waals surface area (Å²) in [7, 11) is 0. The van der Waals surface area contributed by atoms with Gasteiger partial charge in [0.25, 0.3) is 0 Å². The summed E-state index contributed by atoms with van der Waals surface area (Å²) in [4.78, 5) is 3.90. The smallest absolute Gasteiger partial charge is 0.325 e. The van der Waals surface area contributed by atoms with Crippen molar-refractivity contribution in [2.75, 3.05) is 0 Å². The van der Waals surface area contributed by atoms with E-state index < -0.39 is 23.1 Å². The van der Waals surface area contributed by atoms with Gasteiger partial charge in [0, 0.05) is 29.5 Å². The summed E-state index contributed by atoms with van der Waals surface area (Å²) in [5.41, 5.74) is 4.78. The second kappa shape index (κ2) is 5.13. The molecule has 1 aromatic rings. The molecule has 0 aliphatic heterocycles. The van der Waals surface area contributed by atoms with E-state index in [1.807, 2.05) is 0 Å². The van der Waals surface area contributed by atoms with Gasteiger partial charge >= 0.3 is 6.18 Å². The number of nitrogens with zero attached hydrogens (tertiary/aromatic N) is 1. The molecule has 6 heteroatoms. The summed E-state index contributed by atoms with van der Waals surface area (Å²) in [5, 5.41) is 0. The molecule has 0 radical (unpaired) electrons. The number of allylic oxidation sites excluding steroid dienone is 4. The molecule has 2 N–H and O–H groups in total. The zero-order valence-electron chi connectivity index (χ0n) is 9.97. The fourth-order valence-electron chi connectivity index (χ4n) is 2.00. The molecule has 2 nitrogen and oxygen atoms in total. The molecule has 0 atom stereocenters. The van der Waals surface area contributed by atoms with Gasteiger partial charge < -0.3 is 5.73 Å². The van der Waals surface area contributed by atoms with Gasteiger partial charge in [0.15, 0.2) is 0 Å².